The largest absolute Gasteiger partial charge is 0.375 e. The molecule has 0 aliphatic carbocycles. The lowest BCUT2D eigenvalue weighted by atomic mass is 10.3. The summed E-state index contributed by atoms with van der Waals surface area (Å²) in [5.74, 6) is 6.32. The van der Waals surface area contributed by atoms with Crippen LogP contribution in [0.4, 0.5) is 11.8 Å². The van der Waals surface area contributed by atoms with E-state index in [4.69, 9.17) is 22.2 Å². The van der Waals surface area contributed by atoms with Crippen LogP contribution in [-0.2, 0) is 4.74 Å². The molecule has 1 aromatic heterocycles. The summed E-state index contributed by atoms with van der Waals surface area (Å²) in [5, 5.41) is 0.521. The van der Waals surface area contributed by atoms with E-state index in [1.807, 2.05) is 6.92 Å². The Hall–Kier alpha value is -1.11. The molecule has 2 rings (SSSR count). The highest BCUT2D eigenvalue weighted by Crippen LogP contribution is 2.25. The van der Waals surface area contributed by atoms with E-state index in [1.165, 1.54) is 0 Å². The van der Waals surface area contributed by atoms with Crippen LogP contribution < -0.4 is 16.2 Å². The number of nitrogens with one attached hydrogen (secondary N) is 1. The minimum absolute atomic E-state index is 0.175. The molecule has 1 saturated heterocycles. The molecule has 1 atom stereocenters. The summed E-state index contributed by atoms with van der Waals surface area (Å²) in [6.45, 7) is 4.22. The smallest absolute Gasteiger partial charge is 0.239 e. The fourth-order valence-electron chi connectivity index (χ4n) is 1.66. The lowest BCUT2D eigenvalue weighted by Gasteiger charge is -2.32. The van der Waals surface area contributed by atoms with Crippen LogP contribution in [0, 0.1) is 0 Å². The van der Waals surface area contributed by atoms with Gasteiger partial charge in [-0.2, -0.15) is 4.98 Å². The molecular weight excluding hydrogens is 230 g/mol. The van der Waals surface area contributed by atoms with Crippen molar-refractivity contribution < 1.29 is 4.74 Å². The number of aromatic nitrogens is 2. The quantitative estimate of drug-likeness (QED) is 0.587. The van der Waals surface area contributed by atoms with Crippen LogP contribution in [0.3, 0.4) is 0 Å². The zero-order chi connectivity index (χ0) is 11.5. The van der Waals surface area contributed by atoms with Crippen LogP contribution in [0.25, 0.3) is 0 Å². The molecule has 3 N–H and O–H groups in total. The van der Waals surface area contributed by atoms with Gasteiger partial charge in [0, 0.05) is 13.1 Å². The van der Waals surface area contributed by atoms with Crippen molar-refractivity contribution >= 4 is 23.4 Å². The average Bonchev–Trinajstić information content (AvgIpc) is 2.30. The average molecular weight is 244 g/mol. The lowest BCUT2D eigenvalue weighted by molar-refractivity contribution is 0.0529. The number of rotatable bonds is 2. The number of hydrazine groups is 1. The van der Waals surface area contributed by atoms with Crippen LogP contribution >= 0.6 is 11.6 Å². The molecule has 0 amide bonds. The summed E-state index contributed by atoms with van der Waals surface area (Å²) in [6, 6.07) is 0. The second-order valence-corrected chi connectivity index (χ2v) is 4.04. The Morgan fingerprint density at radius 3 is 3.19 bits per heavy atom. The van der Waals surface area contributed by atoms with E-state index >= 15 is 0 Å². The number of nitrogens with two attached hydrogens (primary N) is 1. The van der Waals surface area contributed by atoms with E-state index in [9.17, 15) is 0 Å². The molecule has 1 fully saturated rings. The Balaban J connectivity index is 2.24. The van der Waals surface area contributed by atoms with Crippen LogP contribution in [0.5, 0.6) is 0 Å². The van der Waals surface area contributed by atoms with Gasteiger partial charge in [0.15, 0.2) is 5.82 Å². The highest BCUT2D eigenvalue weighted by molar-refractivity contribution is 6.32. The third-order valence-corrected chi connectivity index (χ3v) is 2.66. The topological polar surface area (TPSA) is 76.3 Å². The van der Waals surface area contributed by atoms with Gasteiger partial charge in [-0.15, -0.1) is 0 Å². The van der Waals surface area contributed by atoms with Gasteiger partial charge < -0.3 is 9.64 Å². The molecule has 2 heterocycles. The Morgan fingerprint density at radius 2 is 2.50 bits per heavy atom. The SMILES string of the molecule is CC1CN(c2nc(NN)ncc2Cl)CCO1. The molecule has 0 aromatic carbocycles. The molecule has 7 heteroatoms. The molecule has 1 aliphatic rings. The van der Waals surface area contributed by atoms with Crippen molar-refractivity contribution in [2.45, 2.75) is 13.0 Å². The lowest BCUT2D eigenvalue weighted by Crippen LogP contribution is -2.41. The fraction of sp³-hybridized carbons (Fsp3) is 0.556. The van der Waals surface area contributed by atoms with Gasteiger partial charge in [-0.3, -0.25) is 5.43 Å². The van der Waals surface area contributed by atoms with Crippen molar-refractivity contribution in [1.29, 1.82) is 0 Å². The maximum atomic E-state index is 6.06. The first kappa shape index (κ1) is 11.4. The van der Waals surface area contributed by atoms with Gasteiger partial charge in [-0.25, -0.2) is 10.8 Å². The van der Waals surface area contributed by atoms with Gasteiger partial charge in [0.25, 0.3) is 0 Å². The van der Waals surface area contributed by atoms with Crippen LogP contribution in [0.2, 0.25) is 5.02 Å². The van der Waals surface area contributed by atoms with Gasteiger partial charge in [0.1, 0.15) is 5.02 Å². The van der Waals surface area contributed by atoms with Crippen LogP contribution in [0.15, 0.2) is 6.20 Å². The molecule has 6 nitrogen and oxygen atoms in total. The number of halogens is 1. The maximum Gasteiger partial charge on any atom is 0.239 e. The first-order valence-corrected chi connectivity index (χ1v) is 5.44. The molecule has 0 radical (unpaired) electrons. The van der Waals surface area contributed by atoms with E-state index in [0.29, 0.717) is 23.4 Å². The second kappa shape index (κ2) is 4.82. The molecule has 16 heavy (non-hydrogen) atoms. The molecular formula is C9H14ClN5O. The van der Waals surface area contributed by atoms with Crippen molar-refractivity contribution in [3.63, 3.8) is 0 Å². The maximum absolute atomic E-state index is 6.06. The normalized spacial score (nSPS) is 20.9. The Morgan fingerprint density at radius 1 is 1.69 bits per heavy atom. The first-order valence-electron chi connectivity index (χ1n) is 5.06. The standard InChI is InChI=1S/C9H14ClN5O/c1-6-5-15(2-3-16-6)8-7(10)4-12-9(13-8)14-11/h4,6H,2-3,5,11H2,1H3,(H,12,13,14). The minimum atomic E-state index is 0.175. The predicted octanol–water partition coefficient (Wildman–Crippen LogP) is 0.641. The van der Waals surface area contributed by atoms with Crippen molar-refractivity contribution in [3.05, 3.63) is 11.2 Å². The number of morpholine rings is 1. The highest BCUT2D eigenvalue weighted by Gasteiger charge is 2.20. The van der Waals surface area contributed by atoms with E-state index in [0.717, 1.165) is 13.1 Å². The predicted molar refractivity (Wildman–Crippen MR) is 62.5 cm³/mol. The summed E-state index contributed by atoms with van der Waals surface area (Å²) < 4.78 is 5.46. The van der Waals surface area contributed by atoms with Crippen LogP contribution in [-0.4, -0.2) is 35.8 Å². The van der Waals surface area contributed by atoms with E-state index in [-0.39, 0.29) is 6.10 Å². The number of hydrogen-bond donors (Lipinski definition) is 2. The van der Waals surface area contributed by atoms with Gasteiger partial charge in [-0.1, -0.05) is 11.6 Å². The minimum Gasteiger partial charge on any atom is -0.375 e. The summed E-state index contributed by atoms with van der Waals surface area (Å²) in [7, 11) is 0. The molecule has 0 bridgehead atoms. The third kappa shape index (κ3) is 2.34. The fourth-order valence-corrected chi connectivity index (χ4v) is 1.87. The second-order valence-electron chi connectivity index (χ2n) is 3.64. The number of nitrogen functional groups attached to an aromatic ring is 1. The van der Waals surface area contributed by atoms with Gasteiger partial charge in [0.2, 0.25) is 5.95 Å². The molecule has 0 spiro atoms. The number of ether oxygens (including phenoxy) is 1. The van der Waals surface area contributed by atoms with Gasteiger partial charge >= 0.3 is 0 Å². The zero-order valence-corrected chi connectivity index (χ0v) is 9.74. The van der Waals surface area contributed by atoms with Crippen molar-refractivity contribution in [2.75, 3.05) is 30.0 Å². The molecule has 1 aliphatic heterocycles. The summed E-state index contributed by atoms with van der Waals surface area (Å²) in [6.07, 6.45) is 1.72. The zero-order valence-electron chi connectivity index (χ0n) is 8.98. The molecule has 0 saturated carbocycles. The monoisotopic (exact) mass is 243 g/mol. The summed E-state index contributed by atoms with van der Waals surface area (Å²) >= 11 is 6.06. The molecule has 1 aromatic rings. The molecule has 88 valence electrons. The summed E-state index contributed by atoms with van der Waals surface area (Å²) in [5.41, 5.74) is 2.41. The number of hydrogen-bond acceptors (Lipinski definition) is 6. The van der Waals surface area contributed by atoms with E-state index in [2.05, 4.69) is 20.3 Å². The first-order chi connectivity index (χ1) is 7.70. The number of anilines is 2. The van der Waals surface area contributed by atoms with E-state index < -0.39 is 0 Å². The molecule has 1 unspecified atom stereocenters. The van der Waals surface area contributed by atoms with Gasteiger partial charge in [0.05, 0.1) is 18.9 Å². The van der Waals surface area contributed by atoms with Crippen molar-refractivity contribution in [2.24, 2.45) is 5.84 Å². The van der Waals surface area contributed by atoms with Crippen molar-refractivity contribution in [1.82, 2.24) is 9.97 Å². The Labute approximate surface area is 98.7 Å². The van der Waals surface area contributed by atoms with Crippen LogP contribution in [0.1, 0.15) is 6.92 Å². The Kier molecular flexibility index (Phi) is 3.42. The number of nitrogens with zero attached hydrogens (tertiary/aromatic N) is 3. The Bertz CT molecular complexity index is 375. The van der Waals surface area contributed by atoms with Gasteiger partial charge in [-0.05, 0) is 6.92 Å². The third-order valence-electron chi connectivity index (χ3n) is 2.40. The highest BCUT2D eigenvalue weighted by atomic mass is 35.5. The van der Waals surface area contributed by atoms with E-state index in [1.54, 1.807) is 6.20 Å². The van der Waals surface area contributed by atoms with Crippen molar-refractivity contribution in [3.8, 4) is 0 Å². The summed E-state index contributed by atoms with van der Waals surface area (Å²) in [4.78, 5) is 10.2.